The molecule has 1 aromatic heterocycles. The quantitative estimate of drug-likeness (QED) is 0.363. The first-order valence-corrected chi connectivity index (χ1v) is 5.85. The number of carbonyl (C=O) groups is 1. The van der Waals surface area contributed by atoms with E-state index >= 15 is 0 Å². The van der Waals surface area contributed by atoms with Crippen LogP contribution in [-0.4, -0.2) is 29.3 Å². The highest BCUT2D eigenvalue weighted by atomic mass is 79.9. The van der Waals surface area contributed by atoms with E-state index in [1.807, 2.05) is 6.26 Å². The highest BCUT2D eigenvalue weighted by Gasteiger charge is 2.17. The SMILES string of the molecule is COC(=O)c1nc(Br)nc(SC)c1Cl. The van der Waals surface area contributed by atoms with Gasteiger partial charge < -0.3 is 4.74 Å². The number of ether oxygens (including phenoxy) is 1. The molecule has 7 heteroatoms. The van der Waals surface area contributed by atoms with Crippen LogP contribution in [0, 0.1) is 0 Å². The van der Waals surface area contributed by atoms with E-state index in [1.54, 1.807) is 0 Å². The first kappa shape index (κ1) is 11.7. The van der Waals surface area contributed by atoms with Crippen LogP contribution >= 0.6 is 39.3 Å². The maximum absolute atomic E-state index is 11.2. The first-order valence-electron chi connectivity index (χ1n) is 3.45. The van der Waals surface area contributed by atoms with Gasteiger partial charge in [0, 0.05) is 0 Å². The molecule has 0 aliphatic carbocycles. The van der Waals surface area contributed by atoms with Gasteiger partial charge in [0.1, 0.15) is 10.0 Å². The van der Waals surface area contributed by atoms with E-state index < -0.39 is 5.97 Å². The van der Waals surface area contributed by atoms with Crippen LogP contribution in [0.2, 0.25) is 5.02 Å². The van der Waals surface area contributed by atoms with Crippen molar-refractivity contribution in [3.63, 3.8) is 0 Å². The van der Waals surface area contributed by atoms with Crippen molar-refractivity contribution in [1.82, 2.24) is 9.97 Å². The van der Waals surface area contributed by atoms with E-state index in [0.29, 0.717) is 9.76 Å². The standard InChI is InChI=1S/C7H6BrClN2O2S/c1-13-6(12)4-3(9)5(14-2)11-7(8)10-4/h1-2H3. The molecule has 0 aromatic carbocycles. The summed E-state index contributed by atoms with van der Waals surface area (Å²) in [7, 11) is 1.27. The molecule has 0 amide bonds. The van der Waals surface area contributed by atoms with Crippen molar-refractivity contribution in [2.24, 2.45) is 0 Å². The van der Waals surface area contributed by atoms with Gasteiger partial charge in [-0.2, -0.15) is 0 Å². The predicted molar refractivity (Wildman–Crippen MR) is 57.9 cm³/mol. The Labute approximate surface area is 98.5 Å². The van der Waals surface area contributed by atoms with Gasteiger partial charge in [0.2, 0.25) is 0 Å². The third-order valence-corrected chi connectivity index (χ3v) is 2.87. The summed E-state index contributed by atoms with van der Waals surface area (Å²) in [4.78, 5) is 19.1. The molecule has 76 valence electrons. The molecule has 1 aromatic rings. The van der Waals surface area contributed by atoms with Crippen molar-refractivity contribution in [3.05, 3.63) is 15.5 Å². The van der Waals surface area contributed by atoms with Crippen LogP contribution in [0.15, 0.2) is 9.76 Å². The normalized spacial score (nSPS) is 10.0. The number of hydrogen-bond donors (Lipinski definition) is 0. The van der Waals surface area contributed by atoms with Gasteiger partial charge in [-0.3, -0.25) is 0 Å². The molecule has 0 radical (unpaired) electrons. The number of thioether (sulfide) groups is 1. The van der Waals surface area contributed by atoms with Crippen molar-refractivity contribution < 1.29 is 9.53 Å². The molecule has 1 heterocycles. The fraction of sp³-hybridized carbons (Fsp3) is 0.286. The molecule has 0 bridgehead atoms. The summed E-state index contributed by atoms with van der Waals surface area (Å²) in [5.74, 6) is -0.576. The number of aromatic nitrogens is 2. The van der Waals surface area contributed by atoms with Crippen LogP contribution in [-0.2, 0) is 4.74 Å². The molecule has 0 unspecified atom stereocenters. The summed E-state index contributed by atoms with van der Waals surface area (Å²) in [6.07, 6.45) is 1.81. The maximum atomic E-state index is 11.2. The van der Waals surface area contributed by atoms with Crippen LogP contribution in [0.4, 0.5) is 0 Å². The molecule has 0 saturated heterocycles. The first-order chi connectivity index (χ1) is 6.60. The van der Waals surface area contributed by atoms with Gasteiger partial charge in [-0.1, -0.05) is 11.6 Å². The van der Waals surface area contributed by atoms with Crippen molar-refractivity contribution in [2.75, 3.05) is 13.4 Å². The zero-order valence-corrected chi connectivity index (χ0v) is 10.5. The second-order valence-electron chi connectivity index (χ2n) is 2.16. The van der Waals surface area contributed by atoms with Crippen molar-refractivity contribution in [3.8, 4) is 0 Å². The fourth-order valence-corrected chi connectivity index (χ4v) is 2.09. The number of halogens is 2. The van der Waals surface area contributed by atoms with E-state index in [9.17, 15) is 4.79 Å². The minimum atomic E-state index is -0.576. The van der Waals surface area contributed by atoms with Crippen molar-refractivity contribution in [2.45, 2.75) is 5.03 Å². The highest BCUT2D eigenvalue weighted by molar-refractivity contribution is 9.10. The Morgan fingerprint density at radius 1 is 1.57 bits per heavy atom. The summed E-state index contributed by atoms with van der Waals surface area (Å²) in [6.45, 7) is 0. The Bertz CT molecular complexity index is 375. The molecule has 0 N–H and O–H groups in total. The number of hydrogen-bond acceptors (Lipinski definition) is 5. The van der Waals surface area contributed by atoms with Gasteiger partial charge in [-0.25, -0.2) is 14.8 Å². The van der Waals surface area contributed by atoms with Crippen LogP contribution in [0.3, 0.4) is 0 Å². The Kier molecular flexibility index (Phi) is 4.15. The lowest BCUT2D eigenvalue weighted by Gasteiger charge is -2.04. The molecule has 0 spiro atoms. The third kappa shape index (κ3) is 2.37. The Hall–Kier alpha value is -0.330. The van der Waals surface area contributed by atoms with Crippen molar-refractivity contribution >= 4 is 45.3 Å². The zero-order valence-electron chi connectivity index (χ0n) is 7.38. The maximum Gasteiger partial charge on any atom is 0.358 e. The lowest BCUT2D eigenvalue weighted by molar-refractivity contribution is 0.0593. The third-order valence-electron chi connectivity index (χ3n) is 1.37. The number of methoxy groups -OCH3 is 1. The molecule has 4 nitrogen and oxygen atoms in total. The minimum Gasteiger partial charge on any atom is -0.464 e. The monoisotopic (exact) mass is 296 g/mol. The molecular weight excluding hydrogens is 292 g/mol. The van der Waals surface area contributed by atoms with E-state index in [1.165, 1.54) is 18.9 Å². The Morgan fingerprint density at radius 2 is 2.21 bits per heavy atom. The van der Waals surface area contributed by atoms with Gasteiger partial charge >= 0.3 is 5.97 Å². The topological polar surface area (TPSA) is 52.1 Å². The van der Waals surface area contributed by atoms with E-state index in [2.05, 4.69) is 30.6 Å². The molecular formula is C7H6BrClN2O2S. The number of rotatable bonds is 2. The van der Waals surface area contributed by atoms with Gasteiger partial charge in [-0.05, 0) is 22.2 Å². The molecule has 1 rings (SSSR count). The van der Waals surface area contributed by atoms with Crippen LogP contribution in [0.25, 0.3) is 0 Å². The average Bonchev–Trinajstić information content (AvgIpc) is 2.19. The number of carbonyl (C=O) groups excluding carboxylic acids is 1. The smallest absolute Gasteiger partial charge is 0.358 e. The molecule has 0 atom stereocenters. The largest absolute Gasteiger partial charge is 0.464 e. The van der Waals surface area contributed by atoms with Gasteiger partial charge in [0.05, 0.1) is 7.11 Å². The van der Waals surface area contributed by atoms with E-state index in [0.717, 1.165) is 0 Å². The van der Waals surface area contributed by atoms with Gasteiger partial charge in [0.25, 0.3) is 0 Å². The van der Waals surface area contributed by atoms with Crippen LogP contribution < -0.4 is 0 Å². The van der Waals surface area contributed by atoms with Crippen LogP contribution in [0.5, 0.6) is 0 Å². The van der Waals surface area contributed by atoms with Gasteiger partial charge in [0.15, 0.2) is 10.4 Å². The highest BCUT2D eigenvalue weighted by Crippen LogP contribution is 2.27. The van der Waals surface area contributed by atoms with Crippen molar-refractivity contribution in [1.29, 1.82) is 0 Å². The summed E-state index contributed by atoms with van der Waals surface area (Å²) < 4.78 is 4.84. The summed E-state index contributed by atoms with van der Waals surface area (Å²) in [5, 5.41) is 0.751. The minimum absolute atomic E-state index is 0.0698. The average molecular weight is 298 g/mol. The summed E-state index contributed by atoms with van der Waals surface area (Å²) in [6, 6.07) is 0. The van der Waals surface area contributed by atoms with E-state index in [4.69, 9.17) is 11.6 Å². The summed E-state index contributed by atoms with van der Waals surface area (Å²) in [5.41, 5.74) is 0.0698. The molecule has 14 heavy (non-hydrogen) atoms. The second-order valence-corrected chi connectivity index (χ2v) is 4.04. The van der Waals surface area contributed by atoms with E-state index in [-0.39, 0.29) is 10.7 Å². The lowest BCUT2D eigenvalue weighted by Crippen LogP contribution is -2.07. The second kappa shape index (κ2) is 4.95. The fourth-order valence-electron chi connectivity index (χ4n) is 0.768. The predicted octanol–water partition coefficient (Wildman–Crippen LogP) is 2.40. The number of nitrogens with zero attached hydrogens (tertiary/aromatic N) is 2. The summed E-state index contributed by atoms with van der Waals surface area (Å²) >= 11 is 10.3. The van der Waals surface area contributed by atoms with Gasteiger partial charge in [-0.15, -0.1) is 11.8 Å². The Morgan fingerprint density at radius 3 is 2.71 bits per heavy atom. The molecule has 0 saturated carbocycles. The van der Waals surface area contributed by atoms with Crippen LogP contribution in [0.1, 0.15) is 10.5 Å². The molecule has 0 aliphatic rings. The lowest BCUT2D eigenvalue weighted by atomic mass is 10.4. The molecule has 0 fully saturated rings. The Balaban J connectivity index is 3.29. The number of esters is 1. The molecule has 0 aliphatic heterocycles. The zero-order chi connectivity index (χ0) is 10.7.